The van der Waals surface area contributed by atoms with Crippen molar-refractivity contribution in [3.05, 3.63) is 11.6 Å². The third-order valence-electron chi connectivity index (χ3n) is 6.60. The molecule has 0 unspecified atom stereocenters. The Morgan fingerprint density at radius 2 is 1.81 bits per heavy atom. The topological polar surface area (TPSA) is 71.3 Å². The van der Waals surface area contributed by atoms with Crippen LogP contribution in [0.3, 0.4) is 0 Å². The number of likely N-dealkylation sites (tertiary alicyclic amines) is 1. The van der Waals surface area contributed by atoms with E-state index in [1.165, 1.54) is 25.7 Å². The van der Waals surface area contributed by atoms with E-state index >= 15 is 0 Å². The number of fused-ring (bicyclic) bond motifs is 1. The minimum atomic E-state index is 0.0355. The first-order valence-corrected chi connectivity index (χ1v) is 10.6. The normalized spacial score (nSPS) is 23.5. The van der Waals surface area contributed by atoms with Crippen LogP contribution in [0.2, 0.25) is 0 Å². The van der Waals surface area contributed by atoms with Crippen LogP contribution in [0.5, 0.6) is 0 Å². The first kappa shape index (κ1) is 18.4. The maximum absolute atomic E-state index is 12.7. The first-order chi connectivity index (χ1) is 13.1. The van der Waals surface area contributed by atoms with Gasteiger partial charge in [0.1, 0.15) is 5.82 Å². The molecule has 4 rings (SSSR count). The minimum Gasteiger partial charge on any atom is -0.340 e. The van der Waals surface area contributed by atoms with Crippen molar-refractivity contribution in [1.82, 2.24) is 24.6 Å². The fourth-order valence-corrected chi connectivity index (χ4v) is 5.04. The molecule has 0 N–H and O–H groups in total. The van der Waals surface area contributed by atoms with Crippen LogP contribution in [0.4, 0.5) is 0 Å². The monoisotopic (exact) mass is 373 g/mol. The maximum atomic E-state index is 12.7. The van der Waals surface area contributed by atoms with E-state index in [1.54, 1.807) is 6.92 Å². The summed E-state index contributed by atoms with van der Waals surface area (Å²) in [4.78, 5) is 28.5. The summed E-state index contributed by atoms with van der Waals surface area (Å²) < 4.78 is 2.16. The van der Waals surface area contributed by atoms with Gasteiger partial charge in [-0.1, -0.05) is 25.7 Å². The lowest BCUT2D eigenvalue weighted by molar-refractivity contribution is -0.131. The molecule has 1 aliphatic carbocycles. The van der Waals surface area contributed by atoms with E-state index in [0.717, 1.165) is 62.9 Å². The highest BCUT2D eigenvalue weighted by molar-refractivity contribution is 5.76. The molecule has 2 fully saturated rings. The second-order valence-electron chi connectivity index (χ2n) is 8.32. The van der Waals surface area contributed by atoms with Crippen LogP contribution in [0.25, 0.3) is 0 Å². The fourth-order valence-electron chi connectivity index (χ4n) is 5.04. The van der Waals surface area contributed by atoms with Gasteiger partial charge in [0.2, 0.25) is 11.8 Å². The van der Waals surface area contributed by atoms with Gasteiger partial charge in [-0.15, -0.1) is 10.2 Å². The number of amides is 2. The highest BCUT2D eigenvalue weighted by atomic mass is 16.2. The summed E-state index contributed by atoms with van der Waals surface area (Å²) >= 11 is 0. The van der Waals surface area contributed by atoms with Crippen LogP contribution in [-0.2, 0) is 22.6 Å². The molecule has 7 nitrogen and oxygen atoms in total. The molecule has 27 heavy (non-hydrogen) atoms. The zero-order valence-corrected chi connectivity index (χ0v) is 16.4. The first-order valence-electron chi connectivity index (χ1n) is 10.6. The third-order valence-corrected chi connectivity index (χ3v) is 6.60. The smallest absolute Gasteiger partial charge is 0.222 e. The molecule has 2 aliphatic heterocycles. The van der Waals surface area contributed by atoms with Gasteiger partial charge in [-0.3, -0.25) is 9.59 Å². The van der Waals surface area contributed by atoms with Crippen molar-refractivity contribution in [3.63, 3.8) is 0 Å². The summed E-state index contributed by atoms with van der Waals surface area (Å²) in [7, 11) is 0. The van der Waals surface area contributed by atoms with Gasteiger partial charge in [-0.25, -0.2) is 0 Å². The van der Waals surface area contributed by atoms with Gasteiger partial charge in [-0.05, 0) is 25.2 Å². The zero-order chi connectivity index (χ0) is 18.8. The quantitative estimate of drug-likeness (QED) is 0.812. The van der Waals surface area contributed by atoms with E-state index in [9.17, 15) is 9.59 Å². The Labute approximate surface area is 161 Å². The van der Waals surface area contributed by atoms with E-state index in [1.807, 2.05) is 9.80 Å². The van der Waals surface area contributed by atoms with Crippen LogP contribution in [0.15, 0.2) is 0 Å². The fraction of sp³-hybridized carbons (Fsp3) is 0.800. The highest BCUT2D eigenvalue weighted by Gasteiger charge is 2.33. The summed E-state index contributed by atoms with van der Waals surface area (Å²) in [6.45, 7) is 4.60. The predicted molar refractivity (Wildman–Crippen MR) is 101 cm³/mol. The Bertz CT molecular complexity index is 695. The van der Waals surface area contributed by atoms with Gasteiger partial charge in [0.15, 0.2) is 5.82 Å². The Balaban J connectivity index is 1.39. The predicted octanol–water partition coefficient (Wildman–Crippen LogP) is 2.32. The van der Waals surface area contributed by atoms with Crippen molar-refractivity contribution in [3.8, 4) is 0 Å². The van der Waals surface area contributed by atoms with Crippen LogP contribution < -0.4 is 0 Å². The van der Waals surface area contributed by atoms with Crippen LogP contribution >= 0.6 is 0 Å². The molecule has 1 saturated carbocycles. The SMILES string of the molecule is CC(=O)N1CCC[C@H]1c1nnc2n1CCN(C(=O)CCC1CCCC1)CC2. The Morgan fingerprint density at radius 3 is 2.59 bits per heavy atom. The second kappa shape index (κ2) is 7.98. The van der Waals surface area contributed by atoms with Gasteiger partial charge >= 0.3 is 0 Å². The number of hydrogen-bond acceptors (Lipinski definition) is 4. The van der Waals surface area contributed by atoms with Gasteiger partial charge in [0.25, 0.3) is 0 Å². The molecular formula is C20H31N5O2. The van der Waals surface area contributed by atoms with E-state index in [0.29, 0.717) is 13.0 Å². The number of carbonyl (C=O) groups excluding carboxylic acids is 2. The molecular weight excluding hydrogens is 342 g/mol. The summed E-state index contributed by atoms with van der Waals surface area (Å²) in [5.74, 6) is 3.00. The molecule has 3 aliphatic rings. The van der Waals surface area contributed by atoms with Gasteiger partial charge in [0, 0.05) is 45.9 Å². The molecule has 1 aromatic rings. The largest absolute Gasteiger partial charge is 0.340 e. The third kappa shape index (κ3) is 3.87. The zero-order valence-electron chi connectivity index (χ0n) is 16.4. The summed E-state index contributed by atoms with van der Waals surface area (Å²) in [6, 6.07) is 0.0355. The minimum absolute atomic E-state index is 0.0355. The molecule has 1 saturated heterocycles. The van der Waals surface area contributed by atoms with Gasteiger partial charge in [0.05, 0.1) is 6.04 Å². The Kier molecular flexibility index (Phi) is 5.45. The van der Waals surface area contributed by atoms with Crippen molar-refractivity contribution < 1.29 is 9.59 Å². The number of carbonyl (C=O) groups is 2. The molecule has 0 spiro atoms. The molecule has 3 heterocycles. The molecule has 1 atom stereocenters. The van der Waals surface area contributed by atoms with Crippen LogP contribution in [0.1, 0.15) is 76.0 Å². The second-order valence-corrected chi connectivity index (χ2v) is 8.32. The number of hydrogen-bond donors (Lipinski definition) is 0. The van der Waals surface area contributed by atoms with E-state index in [2.05, 4.69) is 14.8 Å². The van der Waals surface area contributed by atoms with E-state index in [4.69, 9.17) is 0 Å². The maximum Gasteiger partial charge on any atom is 0.222 e. The van der Waals surface area contributed by atoms with E-state index < -0.39 is 0 Å². The highest BCUT2D eigenvalue weighted by Crippen LogP contribution is 2.32. The van der Waals surface area contributed by atoms with Crippen molar-refractivity contribution in [2.75, 3.05) is 19.6 Å². The molecule has 0 radical (unpaired) electrons. The van der Waals surface area contributed by atoms with Crippen LogP contribution in [-0.4, -0.2) is 56.0 Å². The molecule has 0 bridgehead atoms. The number of nitrogens with zero attached hydrogens (tertiary/aromatic N) is 5. The molecule has 7 heteroatoms. The van der Waals surface area contributed by atoms with Crippen molar-refractivity contribution in [2.24, 2.45) is 5.92 Å². The Morgan fingerprint density at radius 1 is 1.00 bits per heavy atom. The summed E-state index contributed by atoms with van der Waals surface area (Å²) in [6.07, 6.45) is 9.68. The lowest BCUT2D eigenvalue weighted by Gasteiger charge is -2.24. The van der Waals surface area contributed by atoms with Gasteiger partial charge < -0.3 is 14.4 Å². The van der Waals surface area contributed by atoms with E-state index in [-0.39, 0.29) is 17.9 Å². The van der Waals surface area contributed by atoms with Gasteiger partial charge in [-0.2, -0.15) is 0 Å². The number of rotatable bonds is 4. The lowest BCUT2D eigenvalue weighted by Crippen LogP contribution is -2.34. The molecule has 0 aromatic carbocycles. The lowest BCUT2D eigenvalue weighted by atomic mass is 10.0. The summed E-state index contributed by atoms with van der Waals surface area (Å²) in [5, 5.41) is 8.82. The molecule has 148 valence electrons. The molecule has 1 aromatic heterocycles. The average Bonchev–Trinajstić information content (AvgIpc) is 3.38. The van der Waals surface area contributed by atoms with Crippen molar-refractivity contribution in [2.45, 2.75) is 77.3 Å². The van der Waals surface area contributed by atoms with Crippen molar-refractivity contribution >= 4 is 11.8 Å². The standard InChI is InChI=1S/C20H31N5O2/c1-15(26)24-11-4-7-17(24)20-22-21-18-10-12-23(13-14-25(18)20)19(27)9-8-16-5-2-3-6-16/h16-17H,2-14H2,1H3/t17-/m0/s1. The average molecular weight is 374 g/mol. The number of aromatic nitrogens is 3. The van der Waals surface area contributed by atoms with Crippen molar-refractivity contribution in [1.29, 1.82) is 0 Å². The summed E-state index contributed by atoms with van der Waals surface area (Å²) in [5.41, 5.74) is 0. The van der Waals surface area contributed by atoms with Crippen LogP contribution in [0, 0.1) is 5.92 Å². The molecule has 2 amide bonds. The Hall–Kier alpha value is -1.92.